The zero-order valence-corrected chi connectivity index (χ0v) is 17.6. The topological polar surface area (TPSA) is 64.2 Å². The van der Waals surface area contributed by atoms with Crippen LogP contribution in [0.3, 0.4) is 0 Å². The van der Waals surface area contributed by atoms with E-state index < -0.39 is 0 Å². The van der Waals surface area contributed by atoms with E-state index in [0.29, 0.717) is 5.92 Å². The minimum absolute atomic E-state index is 0.0887. The van der Waals surface area contributed by atoms with E-state index in [0.717, 1.165) is 44.7 Å². The maximum Gasteiger partial charge on any atom is 0.220 e. The first kappa shape index (κ1) is 20.1. The summed E-state index contributed by atoms with van der Waals surface area (Å²) in [6.07, 6.45) is 10.6. The highest BCUT2D eigenvalue weighted by atomic mass is 16.1. The lowest BCUT2D eigenvalue weighted by atomic mass is 9.78. The first-order valence-corrected chi connectivity index (χ1v) is 11.2. The molecule has 29 heavy (non-hydrogen) atoms. The second-order valence-corrected chi connectivity index (χ2v) is 9.15. The molecule has 2 N–H and O–H groups in total. The summed E-state index contributed by atoms with van der Waals surface area (Å²) in [5.41, 5.74) is 9.53. The summed E-state index contributed by atoms with van der Waals surface area (Å²) in [7, 11) is 0. The van der Waals surface area contributed by atoms with Crippen LogP contribution in [-0.2, 0) is 17.9 Å². The Balaban J connectivity index is 1.23. The summed E-state index contributed by atoms with van der Waals surface area (Å²) >= 11 is 0. The molecule has 1 aromatic carbocycles. The molecule has 4 rings (SSSR count). The Bertz CT molecular complexity index is 797. The van der Waals surface area contributed by atoms with Crippen molar-refractivity contribution >= 4 is 5.91 Å². The molecule has 1 aromatic heterocycles. The van der Waals surface area contributed by atoms with Gasteiger partial charge in [0, 0.05) is 25.2 Å². The Morgan fingerprint density at radius 1 is 1.07 bits per heavy atom. The highest BCUT2D eigenvalue weighted by Gasteiger charge is 2.25. The highest BCUT2D eigenvalue weighted by Crippen LogP contribution is 2.35. The molecule has 0 radical (unpaired) electrons. The van der Waals surface area contributed by atoms with Crippen LogP contribution in [0, 0.1) is 18.8 Å². The third kappa shape index (κ3) is 5.27. The lowest BCUT2D eigenvalue weighted by Gasteiger charge is -2.32. The summed E-state index contributed by atoms with van der Waals surface area (Å²) in [6.45, 7) is 6.54. The molecule has 0 bridgehead atoms. The van der Waals surface area contributed by atoms with Gasteiger partial charge in [-0.1, -0.05) is 24.3 Å². The van der Waals surface area contributed by atoms with Gasteiger partial charge in [-0.25, -0.2) is 0 Å². The summed E-state index contributed by atoms with van der Waals surface area (Å²) in [5, 5.41) is 4.44. The molecule has 0 unspecified atom stereocenters. The van der Waals surface area contributed by atoms with Crippen molar-refractivity contribution in [3.63, 3.8) is 0 Å². The number of benzene rings is 1. The van der Waals surface area contributed by atoms with Gasteiger partial charge in [0.2, 0.25) is 5.91 Å². The number of primary amides is 1. The van der Waals surface area contributed by atoms with E-state index in [-0.39, 0.29) is 11.8 Å². The fourth-order valence-corrected chi connectivity index (χ4v) is 5.02. The lowest BCUT2D eigenvalue weighted by molar-refractivity contribution is -0.122. The second kappa shape index (κ2) is 9.12. The average molecular weight is 395 g/mol. The maximum absolute atomic E-state index is 11.4. The largest absolute Gasteiger partial charge is 0.369 e. The van der Waals surface area contributed by atoms with Crippen LogP contribution in [0.2, 0.25) is 0 Å². The van der Waals surface area contributed by atoms with Gasteiger partial charge >= 0.3 is 0 Å². The first-order chi connectivity index (χ1) is 14.1. The van der Waals surface area contributed by atoms with Gasteiger partial charge < -0.3 is 5.73 Å². The molecule has 1 saturated heterocycles. The van der Waals surface area contributed by atoms with E-state index in [1.54, 1.807) is 0 Å². The first-order valence-electron chi connectivity index (χ1n) is 11.2. The molecule has 0 spiro atoms. The quantitative estimate of drug-likeness (QED) is 0.809. The molecule has 5 heteroatoms. The number of carbonyl (C=O) groups is 1. The van der Waals surface area contributed by atoms with Gasteiger partial charge in [-0.05, 0) is 87.1 Å². The van der Waals surface area contributed by atoms with E-state index in [2.05, 4.69) is 52.1 Å². The number of nitrogens with zero attached hydrogens (tertiary/aromatic N) is 3. The van der Waals surface area contributed by atoms with Gasteiger partial charge in [0.1, 0.15) is 0 Å². The Kier molecular flexibility index (Phi) is 6.34. The average Bonchev–Trinajstić information content (AvgIpc) is 3.15. The third-order valence-electron chi connectivity index (χ3n) is 6.90. The van der Waals surface area contributed by atoms with Gasteiger partial charge in [0.15, 0.2) is 0 Å². The van der Waals surface area contributed by atoms with Crippen LogP contribution in [0.5, 0.6) is 0 Å². The van der Waals surface area contributed by atoms with Crippen molar-refractivity contribution < 1.29 is 4.79 Å². The molecule has 2 aliphatic rings. The fourth-order valence-electron chi connectivity index (χ4n) is 5.02. The number of hydrogen-bond donors (Lipinski definition) is 1. The molecular formula is C24H34N4O. The summed E-state index contributed by atoms with van der Waals surface area (Å²) in [6, 6.07) is 9.21. The standard InChI is InChI=1S/C24H34N4O/c1-18-14-26-28(15-18)17-20-10-12-27(13-11-20)16-19-2-4-21(5-3-19)22-6-8-23(9-7-22)24(25)29/h2-5,14-15,20,22-23H,6-13,16-17H2,1H3,(H2,25,29)/t22-,23+. The summed E-state index contributed by atoms with van der Waals surface area (Å²) in [5.74, 6) is 1.29. The van der Waals surface area contributed by atoms with E-state index in [1.165, 1.54) is 42.6 Å². The number of amides is 1. The zero-order valence-electron chi connectivity index (χ0n) is 17.6. The van der Waals surface area contributed by atoms with Crippen LogP contribution in [0.25, 0.3) is 0 Å². The molecule has 1 aliphatic carbocycles. The van der Waals surface area contributed by atoms with Gasteiger partial charge in [0.25, 0.3) is 0 Å². The minimum atomic E-state index is -0.123. The molecule has 5 nitrogen and oxygen atoms in total. The number of nitrogens with two attached hydrogens (primary N) is 1. The van der Waals surface area contributed by atoms with Gasteiger partial charge in [-0.3, -0.25) is 14.4 Å². The number of piperidine rings is 1. The van der Waals surface area contributed by atoms with E-state index in [4.69, 9.17) is 5.73 Å². The third-order valence-corrected chi connectivity index (χ3v) is 6.90. The Morgan fingerprint density at radius 2 is 1.76 bits per heavy atom. The van der Waals surface area contributed by atoms with Crippen LogP contribution < -0.4 is 5.73 Å². The number of hydrogen-bond acceptors (Lipinski definition) is 3. The Labute approximate surface area is 174 Å². The van der Waals surface area contributed by atoms with Crippen LogP contribution >= 0.6 is 0 Å². The second-order valence-electron chi connectivity index (χ2n) is 9.15. The number of rotatable bonds is 6. The predicted molar refractivity (Wildman–Crippen MR) is 115 cm³/mol. The maximum atomic E-state index is 11.4. The molecule has 2 aromatic rings. The number of aromatic nitrogens is 2. The van der Waals surface area contributed by atoms with Crippen LogP contribution in [0.1, 0.15) is 61.1 Å². The molecule has 2 heterocycles. The van der Waals surface area contributed by atoms with Crippen molar-refractivity contribution in [1.82, 2.24) is 14.7 Å². The van der Waals surface area contributed by atoms with Crippen molar-refractivity contribution in [3.8, 4) is 0 Å². The van der Waals surface area contributed by atoms with Crippen molar-refractivity contribution in [3.05, 3.63) is 53.3 Å². The van der Waals surface area contributed by atoms with Crippen molar-refractivity contribution in [2.75, 3.05) is 13.1 Å². The van der Waals surface area contributed by atoms with E-state index >= 15 is 0 Å². The molecule has 0 atom stereocenters. The molecule has 1 amide bonds. The van der Waals surface area contributed by atoms with Crippen LogP contribution in [0.15, 0.2) is 36.7 Å². The van der Waals surface area contributed by atoms with Crippen LogP contribution in [-0.4, -0.2) is 33.7 Å². The van der Waals surface area contributed by atoms with Gasteiger partial charge in [-0.2, -0.15) is 5.10 Å². The Hall–Kier alpha value is -2.14. The fraction of sp³-hybridized carbons (Fsp3) is 0.583. The van der Waals surface area contributed by atoms with Crippen molar-refractivity contribution in [1.29, 1.82) is 0 Å². The Morgan fingerprint density at radius 3 is 2.34 bits per heavy atom. The molecule has 1 aliphatic heterocycles. The summed E-state index contributed by atoms with van der Waals surface area (Å²) < 4.78 is 2.10. The summed E-state index contributed by atoms with van der Waals surface area (Å²) in [4.78, 5) is 13.9. The molecular weight excluding hydrogens is 360 g/mol. The van der Waals surface area contributed by atoms with Crippen molar-refractivity contribution in [2.45, 2.75) is 64.5 Å². The smallest absolute Gasteiger partial charge is 0.220 e. The SMILES string of the molecule is Cc1cnn(CC2CCN(Cc3ccc([C@H]4CC[C@@H](C(N)=O)CC4)cc3)CC2)c1. The molecule has 156 valence electrons. The lowest BCUT2D eigenvalue weighted by Crippen LogP contribution is -2.34. The van der Waals surface area contributed by atoms with E-state index in [1.807, 2.05) is 6.20 Å². The molecule has 2 fully saturated rings. The molecule has 1 saturated carbocycles. The highest BCUT2D eigenvalue weighted by molar-refractivity contribution is 5.76. The monoisotopic (exact) mass is 394 g/mol. The minimum Gasteiger partial charge on any atom is -0.369 e. The normalized spacial score (nSPS) is 23.9. The van der Waals surface area contributed by atoms with Gasteiger partial charge in [0.05, 0.1) is 6.20 Å². The number of carbonyl (C=O) groups excluding carboxylic acids is 1. The van der Waals surface area contributed by atoms with Crippen molar-refractivity contribution in [2.24, 2.45) is 17.6 Å². The number of likely N-dealkylation sites (tertiary alicyclic amines) is 1. The predicted octanol–water partition coefficient (Wildman–Crippen LogP) is 3.86. The van der Waals surface area contributed by atoms with E-state index in [9.17, 15) is 4.79 Å². The zero-order chi connectivity index (χ0) is 20.2. The van der Waals surface area contributed by atoms with Crippen LogP contribution in [0.4, 0.5) is 0 Å². The number of aryl methyl sites for hydroxylation is 1. The van der Waals surface area contributed by atoms with Gasteiger partial charge in [-0.15, -0.1) is 0 Å².